The minimum absolute atomic E-state index is 0.162. The maximum Gasteiger partial charge on any atom is 0.257 e. The molecule has 0 bridgehead atoms. The number of ether oxygens (including phenoxy) is 1. The third kappa shape index (κ3) is 3.82. The van der Waals surface area contributed by atoms with Gasteiger partial charge < -0.3 is 10.1 Å². The van der Waals surface area contributed by atoms with E-state index in [1.807, 2.05) is 32.0 Å². The average Bonchev–Trinajstić information content (AvgIpc) is 2.49. The minimum Gasteiger partial charge on any atom is -0.494 e. The van der Waals surface area contributed by atoms with Crippen molar-refractivity contribution < 1.29 is 9.53 Å². The Balaban J connectivity index is 2.20. The molecule has 1 N–H and O–H groups in total. The van der Waals surface area contributed by atoms with E-state index in [-0.39, 0.29) is 5.91 Å². The predicted molar refractivity (Wildman–Crippen MR) is 87.2 cm³/mol. The van der Waals surface area contributed by atoms with Crippen LogP contribution in [-0.4, -0.2) is 17.5 Å². The van der Waals surface area contributed by atoms with Gasteiger partial charge in [0.15, 0.2) is 0 Å². The molecule has 0 fully saturated rings. The standard InChI is InChI=1S/C16H17BrN2O2/c1-3-21-15-7-6-13(9-12(15)10-17)19-16(20)14-5-4-8-18-11(14)2/h4-9H,3,10H2,1-2H3,(H,19,20). The largest absolute Gasteiger partial charge is 0.494 e. The number of aromatic nitrogens is 1. The quantitative estimate of drug-likeness (QED) is 0.832. The van der Waals surface area contributed by atoms with Crippen molar-refractivity contribution in [3.8, 4) is 5.75 Å². The Labute approximate surface area is 132 Å². The second-order valence-electron chi connectivity index (χ2n) is 4.48. The number of halogens is 1. The maximum atomic E-state index is 12.3. The lowest BCUT2D eigenvalue weighted by Gasteiger charge is -2.12. The lowest BCUT2D eigenvalue weighted by atomic mass is 10.1. The van der Waals surface area contributed by atoms with Crippen LogP contribution in [0.3, 0.4) is 0 Å². The van der Waals surface area contributed by atoms with Crippen LogP contribution < -0.4 is 10.1 Å². The van der Waals surface area contributed by atoms with E-state index < -0.39 is 0 Å². The lowest BCUT2D eigenvalue weighted by Crippen LogP contribution is -2.14. The molecule has 21 heavy (non-hydrogen) atoms. The highest BCUT2D eigenvalue weighted by molar-refractivity contribution is 9.08. The first kappa shape index (κ1) is 15.5. The number of aryl methyl sites for hydroxylation is 1. The number of amides is 1. The number of nitrogens with zero attached hydrogens (tertiary/aromatic N) is 1. The first-order valence-corrected chi connectivity index (χ1v) is 7.82. The monoisotopic (exact) mass is 348 g/mol. The Bertz CT molecular complexity index is 644. The molecule has 0 atom stereocenters. The van der Waals surface area contributed by atoms with E-state index in [0.717, 1.165) is 17.0 Å². The highest BCUT2D eigenvalue weighted by Gasteiger charge is 2.11. The third-order valence-corrected chi connectivity index (χ3v) is 3.62. The van der Waals surface area contributed by atoms with Crippen LogP contribution in [0.4, 0.5) is 5.69 Å². The molecule has 1 heterocycles. The number of alkyl halides is 1. The van der Waals surface area contributed by atoms with Crippen molar-refractivity contribution in [3.05, 3.63) is 53.3 Å². The minimum atomic E-state index is -0.162. The molecule has 2 aromatic rings. The lowest BCUT2D eigenvalue weighted by molar-refractivity contribution is 0.102. The van der Waals surface area contributed by atoms with E-state index in [4.69, 9.17) is 4.74 Å². The van der Waals surface area contributed by atoms with Gasteiger partial charge in [-0.05, 0) is 44.2 Å². The molecule has 0 saturated carbocycles. The number of carbonyl (C=O) groups is 1. The summed E-state index contributed by atoms with van der Waals surface area (Å²) in [5.41, 5.74) is 3.02. The molecule has 5 heteroatoms. The number of pyridine rings is 1. The molecule has 0 aliphatic carbocycles. The second kappa shape index (κ2) is 7.22. The van der Waals surface area contributed by atoms with Crippen molar-refractivity contribution >= 4 is 27.5 Å². The second-order valence-corrected chi connectivity index (χ2v) is 5.04. The fourth-order valence-corrected chi connectivity index (χ4v) is 2.42. The summed E-state index contributed by atoms with van der Waals surface area (Å²) in [5, 5.41) is 3.55. The van der Waals surface area contributed by atoms with Crippen molar-refractivity contribution in [2.45, 2.75) is 19.2 Å². The van der Waals surface area contributed by atoms with E-state index in [1.54, 1.807) is 18.3 Å². The van der Waals surface area contributed by atoms with E-state index in [1.165, 1.54) is 0 Å². The summed E-state index contributed by atoms with van der Waals surface area (Å²) in [6, 6.07) is 9.12. The molecular weight excluding hydrogens is 332 g/mol. The molecule has 0 spiro atoms. The number of anilines is 1. The molecule has 0 unspecified atom stereocenters. The molecule has 0 saturated heterocycles. The molecule has 4 nitrogen and oxygen atoms in total. The smallest absolute Gasteiger partial charge is 0.257 e. The predicted octanol–water partition coefficient (Wildman–Crippen LogP) is 3.94. The van der Waals surface area contributed by atoms with Gasteiger partial charge in [0.2, 0.25) is 0 Å². The van der Waals surface area contributed by atoms with Gasteiger partial charge in [-0.3, -0.25) is 9.78 Å². The van der Waals surface area contributed by atoms with E-state index in [2.05, 4.69) is 26.2 Å². The zero-order valence-electron chi connectivity index (χ0n) is 12.0. The van der Waals surface area contributed by atoms with Gasteiger partial charge in [0.1, 0.15) is 5.75 Å². The summed E-state index contributed by atoms with van der Waals surface area (Å²) in [4.78, 5) is 16.4. The van der Waals surface area contributed by atoms with Gasteiger partial charge in [-0.2, -0.15) is 0 Å². The van der Waals surface area contributed by atoms with Crippen molar-refractivity contribution in [3.63, 3.8) is 0 Å². The van der Waals surface area contributed by atoms with Gasteiger partial charge in [-0.25, -0.2) is 0 Å². The molecule has 0 aliphatic rings. The molecule has 1 amide bonds. The third-order valence-electron chi connectivity index (χ3n) is 3.01. The summed E-state index contributed by atoms with van der Waals surface area (Å²) < 4.78 is 5.54. The first-order chi connectivity index (χ1) is 10.2. The van der Waals surface area contributed by atoms with Crippen LogP contribution >= 0.6 is 15.9 Å². The molecule has 0 radical (unpaired) electrons. The van der Waals surface area contributed by atoms with Crippen LogP contribution in [0.15, 0.2) is 36.5 Å². The van der Waals surface area contributed by atoms with Crippen LogP contribution in [0.25, 0.3) is 0 Å². The summed E-state index contributed by atoms with van der Waals surface area (Å²) >= 11 is 3.43. The zero-order chi connectivity index (χ0) is 15.2. The Hall–Kier alpha value is -1.88. The summed E-state index contributed by atoms with van der Waals surface area (Å²) in [5.74, 6) is 0.662. The Morgan fingerprint density at radius 3 is 2.86 bits per heavy atom. The fourth-order valence-electron chi connectivity index (χ4n) is 1.98. The summed E-state index contributed by atoms with van der Waals surface area (Å²) in [6.07, 6.45) is 1.67. The van der Waals surface area contributed by atoms with Crippen LogP contribution in [-0.2, 0) is 5.33 Å². The number of carbonyl (C=O) groups excluding carboxylic acids is 1. The van der Waals surface area contributed by atoms with Gasteiger partial charge in [0, 0.05) is 28.5 Å². The Morgan fingerprint density at radius 1 is 1.38 bits per heavy atom. The fraction of sp³-hybridized carbons (Fsp3) is 0.250. The number of rotatable bonds is 5. The number of hydrogen-bond donors (Lipinski definition) is 1. The molecule has 110 valence electrons. The van der Waals surface area contributed by atoms with Crippen molar-refractivity contribution in [1.29, 1.82) is 0 Å². The topological polar surface area (TPSA) is 51.2 Å². The van der Waals surface area contributed by atoms with Crippen molar-refractivity contribution in [2.24, 2.45) is 0 Å². The van der Waals surface area contributed by atoms with Gasteiger partial charge >= 0.3 is 0 Å². The van der Waals surface area contributed by atoms with Crippen LogP contribution in [0.2, 0.25) is 0 Å². The van der Waals surface area contributed by atoms with Gasteiger partial charge in [0.05, 0.1) is 12.2 Å². The normalized spacial score (nSPS) is 10.2. The molecule has 1 aromatic carbocycles. The zero-order valence-corrected chi connectivity index (χ0v) is 13.6. The average molecular weight is 349 g/mol. The highest BCUT2D eigenvalue weighted by Crippen LogP contribution is 2.25. The van der Waals surface area contributed by atoms with Crippen molar-refractivity contribution in [1.82, 2.24) is 4.98 Å². The van der Waals surface area contributed by atoms with Gasteiger partial charge in [0.25, 0.3) is 5.91 Å². The van der Waals surface area contributed by atoms with Gasteiger partial charge in [-0.1, -0.05) is 15.9 Å². The van der Waals surface area contributed by atoms with E-state index >= 15 is 0 Å². The SMILES string of the molecule is CCOc1ccc(NC(=O)c2cccnc2C)cc1CBr. The maximum absolute atomic E-state index is 12.3. The van der Waals surface area contributed by atoms with Crippen LogP contribution in [0, 0.1) is 6.92 Å². The number of benzene rings is 1. The van der Waals surface area contributed by atoms with Gasteiger partial charge in [-0.15, -0.1) is 0 Å². The molecule has 1 aromatic heterocycles. The molecule has 2 rings (SSSR count). The van der Waals surface area contributed by atoms with Crippen LogP contribution in [0.1, 0.15) is 28.5 Å². The molecule has 0 aliphatic heterocycles. The first-order valence-electron chi connectivity index (χ1n) is 6.70. The number of hydrogen-bond acceptors (Lipinski definition) is 3. The highest BCUT2D eigenvalue weighted by atomic mass is 79.9. The van der Waals surface area contributed by atoms with Crippen molar-refractivity contribution in [2.75, 3.05) is 11.9 Å². The Kier molecular flexibility index (Phi) is 5.33. The summed E-state index contributed by atoms with van der Waals surface area (Å²) in [6.45, 7) is 4.37. The van der Waals surface area contributed by atoms with E-state index in [0.29, 0.717) is 23.2 Å². The Morgan fingerprint density at radius 2 is 2.19 bits per heavy atom. The summed E-state index contributed by atoms with van der Waals surface area (Å²) in [7, 11) is 0. The molecular formula is C16H17BrN2O2. The van der Waals surface area contributed by atoms with Crippen LogP contribution in [0.5, 0.6) is 5.75 Å². The van der Waals surface area contributed by atoms with E-state index in [9.17, 15) is 4.79 Å². The number of nitrogens with one attached hydrogen (secondary N) is 1.